The number of rotatable bonds is 9. The van der Waals surface area contributed by atoms with Crippen molar-refractivity contribution in [2.24, 2.45) is 0 Å². The van der Waals surface area contributed by atoms with Gasteiger partial charge in [0.2, 0.25) is 0 Å². The monoisotopic (exact) mass is 204 g/mol. The summed E-state index contributed by atoms with van der Waals surface area (Å²) < 4.78 is 0. The zero-order chi connectivity index (χ0) is 11.4. The second-order valence-electron chi connectivity index (χ2n) is 3.70. The van der Waals surface area contributed by atoms with Crippen LogP contribution in [-0.2, 0) is 0 Å². The molecule has 0 aliphatic heterocycles. The Kier molecular flexibility index (Phi) is 10.3. The van der Waals surface area contributed by atoms with Crippen LogP contribution < -0.4 is 0 Å². The van der Waals surface area contributed by atoms with E-state index < -0.39 is 0 Å². The molecule has 0 amide bonds. The van der Waals surface area contributed by atoms with Gasteiger partial charge in [0.25, 0.3) is 0 Å². The van der Waals surface area contributed by atoms with Crippen LogP contribution in [0.1, 0.15) is 45.4 Å². The Bertz CT molecular complexity index is 218. The second-order valence-corrected chi connectivity index (χ2v) is 3.70. The fourth-order valence-electron chi connectivity index (χ4n) is 1.52. The summed E-state index contributed by atoms with van der Waals surface area (Å²) in [5.74, 6) is 0. The molecule has 0 aliphatic carbocycles. The molecular formula is C15H24. The third kappa shape index (κ3) is 9.27. The van der Waals surface area contributed by atoms with Gasteiger partial charge in [-0.15, -0.1) is 0 Å². The molecule has 0 rings (SSSR count). The van der Waals surface area contributed by atoms with Crippen molar-refractivity contribution in [2.75, 3.05) is 0 Å². The van der Waals surface area contributed by atoms with Gasteiger partial charge >= 0.3 is 0 Å². The maximum absolute atomic E-state index is 3.79. The van der Waals surface area contributed by atoms with Gasteiger partial charge in [0.05, 0.1) is 0 Å². The quantitative estimate of drug-likeness (QED) is 0.275. The highest BCUT2D eigenvalue weighted by molar-refractivity contribution is 5.20. The van der Waals surface area contributed by atoms with Crippen molar-refractivity contribution >= 4 is 0 Å². The Morgan fingerprint density at radius 1 is 1.07 bits per heavy atom. The molecule has 84 valence electrons. The van der Waals surface area contributed by atoms with Gasteiger partial charge in [-0.2, -0.15) is 0 Å². The minimum absolute atomic E-state index is 1.14. The molecule has 0 spiro atoms. The summed E-state index contributed by atoms with van der Waals surface area (Å²) in [6, 6.07) is 0. The third-order valence-electron chi connectivity index (χ3n) is 2.42. The summed E-state index contributed by atoms with van der Waals surface area (Å²) in [6.07, 6.45) is 17.8. The lowest BCUT2D eigenvalue weighted by Gasteiger charge is -2.01. The average Bonchev–Trinajstić information content (AvgIpc) is 2.26. The Morgan fingerprint density at radius 2 is 1.80 bits per heavy atom. The van der Waals surface area contributed by atoms with Crippen molar-refractivity contribution in [3.8, 4) is 0 Å². The maximum atomic E-state index is 3.79. The minimum Gasteiger partial charge on any atom is -0.0991 e. The van der Waals surface area contributed by atoms with E-state index >= 15 is 0 Å². The van der Waals surface area contributed by atoms with Crippen molar-refractivity contribution in [2.45, 2.75) is 45.4 Å². The van der Waals surface area contributed by atoms with E-state index in [4.69, 9.17) is 0 Å². The Morgan fingerprint density at radius 3 is 2.40 bits per heavy atom. The zero-order valence-electron chi connectivity index (χ0n) is 10.0. The van der Waals surface area contributed by atoms with E-state index in [0.29, 0.717) is 0 Å². The summed E-state index contributed by atoms with van der Waals surface area (Å²) in [7, 11) is 0. The maximum Gasteiger partial charge on any atom is -0.0279 e. The minimum atomic E-state index is 1.14. The van der Waals surface area contributed by atoms with Crippen LogP contribution in [-0.4, -0.2) is 0 Å². The average molecular weight is 204 g/mol. The van der Waals surface area contributed by atoms with Gasteiger partial charge in [-0.25, -0.2) is 0 Å². The number of allylic oxidation sites excluding steroid dienone is 6. The number of unbranched alkanes of at least 4 members (excludes halogenated alkanes) is 4. The van der Waals surface area contributed by atoms with E-state index in [9.17, 15) is 0 Å². The van der Waals surface area contributed by atoms with Crippen molar-refractivity contribution in [3.63, 3.8) is 0 Å². The topological polar surface area (TPSA) is 0 Å². The number of hydrogen-bond donors (Lipinski definition) is 0. The fourth-order valence-corrected chi connectivity index (χ4v) is 1.52. The smallest absolute Gasteiger partial charge is 0.0279 e. The molecule has 0 N–H and O–H groups in total. The molecule has 0 aromatic carbocycles. The standard InChI is InChI=1S/C15H24/c1-4-7-8-9-10-11-12-14-15(6-3)13-5-2/h4-7,13H,2-3,8-12,14H2,1H3/b7-4+,15-13+. The van der Waals surface area contributed by atoms with Crippen LogP contribution in [0.15, 0.2) is 49.1 Å². The first-order chi connectivity index (χ1) is 7.35. The van der Waals surface area contributed by atoms with Gasteiger partial charge in [-0.1, -0.05) is 56.4 Å². The Hall–Kier alpha value is -1.04. The summed E-state index contributed by atoms with van der Waals surface area (Å²) in [5.41, 5.74) is 1.30. The van der Waals surface area contributed by atoms with Gasteiger partial charge in [0.1, 0.15) is 0 Å². The molecule has 0 heterocycles. The number of hydrogen-bond acceptors (Lipinski definition) is 0. The third-order valence-corrected chi connectivity index (χ3v) is 2.42. The molecule has 0 atom stereocenters. The lowest BCUT2D eigenvalue weighted by atomic mass is 10.1. The predicted octanol–water partition coefficient (Wildman–Crippen LogP) is 5.20. The molecule has 0 saturated carbocycles. The van der Waals surface area contributed by atoms with Crippen LogP contribution in [0.2, 0.25) is 0 Å². The summed E-state index contributed by atoms with van der Waals surface area (Å²) in [4.78, 5) is 0. The predicted molar refractivity (Wildman–Crippen MR) is 71.0 cm³/mol. The lowest BCUT2D eigenvalue weighted by Crippen LogP contribution is -1.81. The van der Waals surface area contributed by atoms with E-state index in [-0.39, 0.29) is 0 Å². The first kappa shape index (κ1) is 14.0. The summed E-state index contributed by atoms with van der Waals surface area (Å²) >= 11 is 0. The van der Waals surface area contributed by atoms with Crippen molar-refractivity contribution < 1.29 is 0 Å². The highest BCUT2D eigenvalue weighted by Crippen LogP contribution is 2.12. The van der Waals surface area contributed by atoms with Crippen molar-refractivity contribution in [1.82, 2.24) is 0 Å². The van der Waals surface area contributed by atoms with Gasteiger partial charge in [0, 0.05) is 0 Å². The molecule has 0 bridgehead atoms. The molecule has 0 unspecified atom stereocenters. The second kappa shape index (κ2) is 11.0. The summed E-state index contributed by atoms with van der Waals surface area (Å²) in [5, 5.41) is 0. The van der Waals surface area contributed by atoms with Crippen LogP contribution in [0.4, 0.5) is 0 Å². The Balaban J connectivity index is 3.40. The normalized spacial score (nSPS) is 11.9. The van der Waals surface area contributed by atoms with Crippen LogP contribution in [0.25, 0.3) is 0 Å². The largest absolute Gasteiger partial charge is 0.0991 e. The molecule has 0 nitrogen and oxygen atoms in total. The van der Waals surface area contributed by atoms with Gasteiger partial charge in [-0.3, -0.25) is 0 Å². The van der Waals surface area contributed by atoms with Crippen molar-refractivity contribution in [3.05, 3.63) is 49.1 Å². The van der Waals surface area contributed by atoms with E-state index in [2.05, 4.69) is 32.2 Å². The van der Waals surface area contributed by atoms with Gasteiger partial charge < -0.3 is 0 Å². The molecule has 0 aromatic heterocycles. The molecule has 15 heavy (non-hydrogen) atoms. The summed E-state index contributed by atoms with van der Waals surface area (Å²) in [6.45, 7) is 9.57. The molecule has 0 aliphatic rings. The van der Waals surface area contributed by atoms with E-state index in [1.54, 1.807) is 0 Å². The molecule has 0 aromatic rings. The molecule has 0 radical (unpaired) electrons. The van der Waals surface area contributed by atoms with Crippen LogP contribution in [0.3, 0.4) is 0 Å². The SMILES string of the molecule is C=C/C=C(\C=C)CCCCCC/C=C/C. The fraction of sp³-hybridized carbons (Fsp3) is 0.467. The highest BCUT2D eigenvalue weighted by atomic mass is 14.0. The van der Waals surface area contributed by atoms with Gasteiger partial charge in [-0.05, 0) is 38.2 Å². The molecule has 0 fully saturated rings. The Labute approximate surface area is 95.1 Å². The first-order valence-corrected chi connectivity index (χ1v) is 5.90. The van der Waals surface area contributed by atoms with E-state index in [1.807, 2.05) is 18.2 Å². The van der Waals surface area contributed by atoms with Crippen LogP contribution >= 0.6 is 0 Å². The zero-order valence-corrected chi connectivity index (χ0v) is 10.0. The van der Waals surface area contributed by atoms with E-state index in [0.717, 1.165) is 6.42 Å². The highest BCUT2D eigenvalue weighted by Gasteiger charge is 1.92. The van der Waals surface area contributed by atoms with Crippen molar-refractivity contribution in [1.29, 1.82) is 0 Å². The lowest BCUT2D eigenvalue weighted by molar-refractivity contribution is 0.647. The van der Waals surface area contributed by atoms with Crippen LogP contribution in [0, 0.1) is 0 Å². The van der Waals surface area contributed by atoms with Crippen LogP contribution in [0.5, 0.6) is 0 Å². The molecule has 0 saturated heterocycles. The molecule has 0 heteroatoms. The van der Waals surface area contributed by atoms with Gasteiger partial charge in [0.15, 0.2) is 0 Å². The molecular weight excluding hydrogens is 180 g/mol. The van der Waals surface area contributed by atoms with E-state index in [1.165, 1.54) is 37.7 Å². The first-order valence-electron chi connectivity index (χ1n) is 5.90.